The van der Waals surface area contributed by atoms with Gasteiger partial charge in [-0.05, 0) is 69.2 Å². The molecule has 9 heteroatoms. The lowest BCUT2D eigenvalue weighted by atomic mass is 9.84. The van der Waals surface area contributed by atoms with Gasteiger partial charge in [0.15, 0.2) is 0 Å². The molecule has 0 aromatic heterocycles. The quantitative estimate of drug-likeness (QED) is 0.163. The minimum atomic E-state index is -4.74. The van der Waals surface area contributed by atoms with E-state index in [-0.39, 0.29) is 47.7 Å². The number of halogens is 4. The average molecular weight is 543 g/mol. The molecule has 1 aliphatic carbocycles. The summed E-state index contributed by atoms with van der Waals surface area (Å²) < 4.78 is 60.7. The van der Waals surface area contributed by atoms with E-state index in [1.54, 1.807) is 13.8 Å². The average Bonchev–Trinajstić information content (AvgIpc) is 3.10. The highest BCUT2D eigenvalue weighted by molar-refractivity contribution is 5.87. The predicted molar refractivity (Wildman–Crippen MR) is 136 cm³/mol. The molecule has 1 saturated carbocycles. The lowest BCUT2D eigenvalue weighted by Gasteiger charge is -2.25. The first-order chi connectivity index (χ1) is 17.9. The number of esters is 1. The van der Waals surface area contributed by atoms with Crippen LogP contribution >= 0.6 is 0 Å². The number of hydrogen-bond donors (Lipinski definition) is 3. The van der Waals surface area contributed by atoms with Crippen LogP contribution in [0.1, 0.15) is 88.9 Å². The van der Waals surface area contributed by atoms with E-state index >= 15 is 4.39 Å². The van der Waals surface area contributed by atoms with Gasteiger partial charge in [-0.2, -0.15) is 13.2 Å². The standard InChI is InChI=1S/C29H38F4O5/c1-17(2)38-26(37)11-6-4-3-5-9-19-20(25(36)16-24(19)35)14-15-23(34)21-13-12-18-8-7-10-22(29(31,32)33)27(18)28(21)30/h7-8,10,12-13,17,19-20,23-25,34-36H,3-6,9,11,14-16H2,1-2H3. The van der Waals surface area contributed by atoms with Gasteiger partial charge in [0.1, 0.15) is 5.82 Å². The fourth-order valence-electron chi connectivity index (χ4n) is 5.66. The van der Waals surface area contributed by atoms with Crippen LogP contribution in [0.25, 0.3) is 10.8 Å². The van der Waals surface area contributed by atoms with E-state index in [0.717, 1.165) is 25.3 Å². The molecule has 2 aromatic rings. The number of unbranched alkanes of at least 4 members (excludes halogenated alkanes) is 3. The maximum absolute atomic E-state index is 15.2. The van der Waals surface area contributed by atoms with E-state index in [2.05, 4.69) is 0 Å². The summed E-state index contributed by atoms with van der Waals surface area (Å²) in [6, 6.07) is 6.10. The topological polar surface area (TPSA) is 87.0 Å². The van der Waals surface area contributed by atoms with Crippen molar-refractivity contribution in [1.29, 1.82) is 0 Å². The zero-order valence-corrected chi connectivity index (χ0v) is 21.9. The van der Waals surface area contributed by atoms with Crippen molar-refractivity contribution < 1.29 is 42.4 Å². The highest BCUT2D eigenvalue weighted by Crippen LogP contribution is 2.42. The predicted octanol–water partition coefficient (Wildman–Crippen LogP) is 6.46. The number of hydrogen-bond acceptors (Lipinski definition) is 5. The molecule has 3 N–H and O–H groups in total. The smallest absolute Gasteiger partial charge is 0.417 e. The second-order valence-corrected chi connectivity index (χ2v) is 10.7. The zero-order chi connectivity index (χ0) is 28.0. The van der Waals surface area contributed by atoms with Crippen LogP contribution < -0.4 is 0 Å². The Kier molecular flexibility index (Phi) is 10.5. The van der Waals surface area contributed by atoms with Crippen molar-refractivity contribution in [2.75, 3.05) is 0 Å². The van der Waals surface area contributed by atoms with Gasteiger partial charge in [0.05, 0.1) is 30.0 Å². The Labute approximate surface area is 220 Å². The molecule has 0 amide bonds. The first-order valence-corrected chi connectivity index (χ1v) is 13.4. The molecule has 5 nitrogen and oxygen atoms in total. The third-order valence-electron chi connectivity index (χ3n) is 7.51. The van der Waals surface area contributed by atoms with Gasteiger partial charge in [-0.15, -0.1) is 0 Å². The summed E-state index contributed by atoms with van der Waals surface area (Å²) in [5, 5.41) is 31.3. The minimum Gasteiger partial charge on any atom is -0.463 e. The number of aliphatic hydroxyl groups is 3. The third-order valence-corrected chi connectivity index (χ3v) is 7.51. The van der Waals surface area contributed by atoms with Crippen molar-refractivity contribution in [3.63, 3.8) is 0 Å². The maximum Gasteiger partial charge on any atom is 0.417 e. The Morgan fingerprint density at radius 2 is 1.66 bits per heavy atom. The fourth-order valence-corrected chi connectivity index (χ4v) is 5.66. The van der Waals surface area contributed by atoms with Crippen molar-refractivity contribution >= 4 is 16.7 Å². The van der Waals surface area contributed by atoms with E-state index in [1.807, 2.05) is 0 Å². The largest absolute Gasteiger partial charge is 0.463 e. The molecular weight excluding hydrogens is 504 g/mol. The number of carbonyl (C=O) groups is 1. The molecule has 0 aliphatic heterocycles. The van der Waals surface area contributed by atoms with Crippen LogP contribution in [0.5, 0.6) is 0 Å². The van der Waals surface area contributed by atoms with Crippen LogP contribution in [0, 0.1) is 17.7 Å². The van der Waals surface area contributed by atoms with E-state index in [0.29, 0.717) is 25.7 Å². The van der Waals surface area contributed by atoms with Gasteiger partial charge in [-0.3, -0.25) is 4.79 Å². The Balaban J connectivity index is 1.57. The van der Waals surface area contributed by atoms with Crippen LogP contribution in [0.15, 0.2) is 30.3 Å². The second kappa shape index (κ2) is 13.2. The minimum absolute atomic E-state index is 0.0412. The first kappa shape index (κ1) is 30.3. The Morgan fingerprint density at radius 3 is 2.32 bits per heavy atom. The molecule has 0 radical (unpaired) electrons. The molecule has 5 unspecified atom stereocenters. The first-order valence-electron chi connectivity index (χ1n) is 13.4. The molecule has 1 aliphatic rings. The van der Waals surface area contributed by atoms with Crippen molar-refractivity contribution in [1.82, 2.24) is 0 Å². The van der Waals surface area contributed by atoms with Gasteiger partial charge < -0.3 is 20.1 Å². The Morgan fingerprint density at radius 1 is 1.00 bits per heavy atom. The number of carbonyl (C=O) groups excluding carboxylic acids is 1. The summed E-state index contributed by atoms with van der Waals surface area (Å²) in [4.78, 5) is 11.6. The molecule has 0 bridgehead atoms. The molecule has 1 fully saturated rings. The van der Waals surface area contributed by atoms with Crippen molar-refractivity contribution in [3.8, 4) is 0 Å². The molecule has 0 heterocycles. The SMILES string of the molecule is CC(C)OC(=O)CCCCCCC1C(O)CC(O)C1CCC(O)c1ccc2cccc(C(F)(F)F)c2c1F. The van der Waals surface area contributed by atoms with E-state index in [4.69, 9.17) is 4.74 Å². The van der Waals surface area contributed by atoms with Crippen LogP contribution in [-0.4, -0.2) is 39.6 Å². The number of benzene rings is 2. The third kappa shape index (κ3) is 7.67. The molecule has 38 heavy (non-hydrogen) atoms. The van der Waals surface area contributed by atoms with E-state index in [1.165, 1.54) is 24.3 Å². The zero-order valence-electron chi connectivity index (χ0n) is 21.9. The van der Waals surface area contributed by atoms with Gasteiger partial charge in [0, 0.05) is 17.4 Å². The molecule has 0 spiro atoms. The van der Waals surface area contributed by atoms with Crippen molar-refractivity contribution in [2.24, 2.45) is 11.8 Å². The maximum atomic E-state index is 15.2. The summed E-state index contributed by atoms with van der Waals surface area (Å²) in [6.45, 7) is 3.60. The van der Waals surface area contributed by atoms with E-state index in [9.17, 15) is 33.3 Å². The van der Waals surface area contributed by atoms with Gasteiger partial charge >= 0.3 is 12.1 Å². The Bertz CT molecular complexity index is 1070. The van der Waals surface area contributed by atoms with Crippen LogP contribution in [0.2, 0.25) is 0 Å². The summed E-state index contributed by atoms with van der Waals surface area (Å²) in [6.07, 6.45) is -2.92. The fraction of sp³-hybridized carbons (Fsp3) is 0.621. The lowest BCUT2D eigenvalue weighted by molar-refractivity contribution is -0.147. The van der Waals surface area contributed by atoms with Crippen molar-refractivity contribution in [2.45, 2.75) is 102 Å². The normalized spacial score (nSPS) is 22.8. The number of aliphatic hydroxyl groups excluding tert-OH is 3. The second-order valence-electron chi connectivity index (χ2n) is 10.7. The summed E-state index contributed by atoms with van der Waals surface area (Å²) >= 11 is 0. The molecule has 2 aromatic carbocycles. The highest BCUT2D eigenvalue weighted by Gasteiger charge is 2.41. The van der Waals surface area contributed by atoms with Crippen molar-refractivity contribution in [3.05, 3.63) is 47.3 Å². The summed E-state index contributed by atoms with van der Waals surface area (Å²) in [7, 11) is 0. The Hall–Kier alpha value is -2.23. The number of ether oxygens (including phenoxy) is 1. The molecular formula is C29H38F4O5. The monoisotopic (exact) mass is 542 g/mol. The van der Waals surface area contributed by atoms with E-state index < -0.39 is 41.3 Å². The summed E-state index contributed by atoms with van der Waals surface area (Å²) in [5.41, 5.74) is -1.30. The van der Waals surface area contributed by atoms with Crippen LogP contribution in [0.3, 0.4) is 0 Å². The number of alkyl halides is 3. The number of fused-ring (bicyclic) bond motifs is 1. The molecule has 5 atom stereocenters. The lowest BCUT2D eigenvalue weighted by Crippen LogP contribution is -2.23. The number of rotatable bonds is 12. The van der Waals surface area contributed by atoms with Gasteiger partial charge in [0.2, 0.25) is 0 Å². The molecule has 0 saturated heterocycles. The molecule has 212 valence electrons. The summed E-state index contributed by atoms with van der Waals surface area (Å²) in [5.74, 6) is -1.81. The van der Waals surface area contributed by atoms with Gasteiger partial charge in [0.25, 0.3) is 0 Å². The van der Waals surface area contributed by atoms with Crippen LogP contribution in [-0.2, 0) is 15.7 Å². The van der Waals surface area contributed by atoms with Gasteiger partial charge in [-0.25, -0.2) is 4.39 Å². The van der Waals surface area contributed by atoms with Crippen LogP contribution in [0.4, 0.5) is 17.6 Å². The molecule has 3 rings (SSSR count). The van der Waals surface area contributed by atoms with Gasteiger partial charge in [-0.1, -0.05) is 43.5 Å². The highest BCUT2D eigenvalue weighted by atomic mass is 19.4.